The Morgan fingerprint density at radius 1 is 1.03 bits per heavy atom. The van der Waals surface area contributed by atoms with Gasteiger partial charge in [0.05, 0.1) is 19.4 Å². The van der Waals surface area contributed by atoms with Gasteiger partial charge in [-0.05, 0) is 49.2 Å². The number of benzene rings is 2. The Bertz CT molecular complexity index is 1090. The molecule has 0 aliphatic rings. The van der Waals surface area contributed by atoms with Crippen LogP contribution in [0.5, 0.6) is 11.5 Å². The molecule has 0 fully saturated rings. The third-order valence-corrected chi connectivity index (χ3v) is 5.85. The molecule has 0 saturated heterocycles. The molecular formula is C23H27N5O4S. The summed E-state index contributed by atoms with van der Waals surface area (Å²) in [5, 5.41) is 14.4. The number of aryl methyl sites for hydroxylation is 2. The minimum absolute atomic E-state index is 0.0866. The van der Waals surface area contributed by atoms with Crippen LogP contribution in [0, 0.1) is 13.8 Å². The maximum atomic E-state index is 12.2. The summed E-state index contributed by atoms with van der Waals surface area (Å²) in [5.41, 5.74) is 2.65. The maximum absolute atomic E-state index is 12.2. The zero-order chi connectivity index (χ0) is 23.8. The lowest BCUT2D eigenvalue weighted by Gasteiger charge is -2.12. The van der Waals surface area contributed by atoms with Crippen molar-refractivity contribution < 1.29 is 19.1 Å². The first kappa shape index (κ1) is 24.1. The summed E-state index contributed by atoms with van der Waals surface area (Å²) in [5.74, 6) is 1.78. The number of ether oxygens (including phenoxy) is 2. The Labute approximate surface area is 196 Å². The molecule has 174 valence electrons. The van der Waals surface area contributed by atoms with Crippen LogP contribution in [0.1, 0.15) is 17.0 Å². The monoisotopic (exact) mass is 469 g/mol. The van der Waals surface area contributed by atoms with E-state index in [0.717, 1.165) is 22.6 Å². The van der Waals surface area contributed by atoms with Crippen LogP contribution in [-0.4, -0.2) is 46.0 Å². The molecule has 9 nitrogen and oxygen atoms in total. The standard InChI is InChI=1S/C23H27N5O4S/c1-15-6-5-7-16(2)22(15)32-13-20(29)24-12-19-26-27-23(28(19)3)33-14-21(30)25-17-8-10-18(31-4)11-9-17/h5-11H,12-14H2,1-4H3,(H,24,29)(H,25,30). The van der Waals surface area contributed by atoms with Gasteiger partial charge in [0.15, 0.2) is 17.6 Å². The number of hydrogen-bond acceptors (Lipinski definition) is 7. The second-order valence-electron chi connectivity index (χ2n) is 7.31. The van der Waals surface area contributed by atoms with Crippen molar-refractivity contribution >= 4 is 29.3 Å². The van der Waals surface area contributed by atoms with Crippen molar-refractivity contribution in [1.82, 2.24) is 20.1 Å². The largest absolute Gasteiger partial charge is 0.497 e. The van der Waals surface area contributed by atoms with Gasteiger partial charge in [0.1, 0.15) is 11.5 Å². The van der Waals surface area contributed by atoms with Crippen LogP contribution in [0.25, 0.3) is 0 Å². The lowest BCUT2D eigenvalue weighted by molar-refractivity contribution is -0.123. The molecule has 3 aromatic rings. The van der Waals surface area contributed by atoms with Crippen molar-refractivity contribution in [2.75, 3.05) is 24.8 Å². The van der Waals surface area contributed by atoms with Crippen molar-refractivity contribution in [3.63, 3.8) is 0 Å². The fraction of sp³-hybridized carbons (Fsp3) is 0.304. The average Bonchev–Trinajstić information content (AvgIpc) is 3.15. The predicted molar refractivity (Wildman–Crippen MR) is 127 cm³/mol. The Morgan fingerprint density at radius 3 is 2.39 bits per heavy atom. The second kappa shape index (κ2) is 11.4. The van der Waals surface area contributed by atoms with Crippen LogP contribution < -0.4 is 20.1 Å². The fourth-order valence-corrected chi connectivity index (χ4v) is 3.75. The van der Waals surface area contributed by atoms with Crippen LogP contribution in [0.4, 0.5) is 5.69 Å². The molecule has 10 heteroatoms. The van der Waals surface area contributed by atoms with Gasteiger partial charge in [-0.2, -0.15) is 0 Å². The molecule has 2 N–H and O–H groups in total. The van der Waals surface area contributed by atoms with Crippen LogP contribution in [0.15, 0.2) is 47.6 Å². The first-order chi connectivity index (χ1) is 15.9. The van der Waals surface area contributed by atoms with Crippen LogP contribution >= 0.6 is 11.8 Å². The summed E-state index contributed by atoms with van der Waals surface area (Å²) >= 11 is 1.26. The number of carbonyl (C=O) groups excluding carboxylic acids is 2. The van der Waals surface area contributed by atoms with E-state index < -0.39 is 0 Å². The Balaban J connectivity index is 1.45. The highest BCUT2D eigenvalue weighted by Gasteiger charge is 2.13. The molecule has 0 aliphatic heterocycles. The van der Waals surface area contributed by atoms with E-state index in [4.69, 9.17) is 9.47 Å². The number of rotatable bonds is 10. The summed E-state index contributed by atoms with van der Waals surface area (Å²) in [6.07, 6.45) is 0. The number of anilines is 1. The lowest BCUT2D eigenvalue weighted by Crippen LogP contribution is -2.29. The lowest BCUT2D eigenvalue weighted by atomic mass is 10.1. The minimum atomic E-state index is -0.256. The number of thioether (sulfide) groups is 1. The summed E-state index contributed by atoms with van der Waals surface area (Å²) in [4.78, 5) is 24.4. The number of hydrogen-bond donors (Lipinski definition) is 2. The van der Waals surface area contributed by atoms with E-state index in [9.17, 15) is 9.59 Å². The molecular weight excluding hydrogens is 442 g/mol. The number of nitrogens with one attached hydrogen (secondary N) is 2. The Hall–Kier alpha value is -3.53. The molecule has 2 amide bonds. The highest BCUT2D eigenvalue weighted by atomic mass is 32.2. The molecule has 33 heavy (non-hydrogen) atoms. The number of para-hydroxylation sites is 1. The maximum Gasteiger partial charge on any atom is 0.258 e. The normalized spacial score (nSPS) is 10.5. The van der Waals surface area contributed by atoms with Crippen molar-refractivity contribution in [2.24, 2.45) is 7.05 Å². The minimum Gasteiger partial charge on any atom is -0.497 e. The first-order valence-electron chi connectivity index (χ1n) is 10.3. The zero-order valence-corrected chi connectivity index (χ0v) is 19.9. The smallest absolute Gasteiger partial charge is 0.258 e. The fourth-order valence-electron chi connectivity index (χ4n) is 3.02. The Kier molecular flexibility index (Phi) is 8.31. The molecule has 1 heterocycles. The first-order valence-corrected chi connectivity index (χ1v) is 11.3. The van der Waals surface area contributed by atoms with Crippen molar-refractivity contribution in [1.29, 1.82) is 0 Å². The quantitative estimate of drug-likeness (QED) is 0.440. The number of amides is 2. The topological polar surface area (TPSA) is 107 Å². The van der Waals surface area contributed by atoms with E-state index in [2.05, 4.69) is 20.8 Å². The summed E-state index contributed by atoms with van der Waals surface area (Å²) < 4.78 is 12.5. The van der Waals surface area contributed by atoms with Gasteiger partial charge in [-0.25, -0.2) is 0 Å². The van der Waals surface area contributed by atoms with Crippen LogP contribution in [0.3, 0.4) is 0 Å². The van der Waals surface area contributed by atoms with Crippen molar-refractivity contribution in [3.05, 3.63) is 59.4 Å². The SMILES string of the molecule is COc1ccc(NC(=O)CSc2nnc(CNC(=O)COc3c(C)cccc3C)n2C)cc1. The zero-order valence-electron chi connectivity index (χ0n) is 19.0. The summed E-state index contributed by atoms with van der Waals surface area (Å²) in [6, 6.07) is 12.9. The van der Waals surface area contributed by atoms with Crippen LogP contribution in [-0.2, 0) is 23.2 Å². The molecule has 0 aliphatic carbocycles. The highest BCUT2D eigenvalue weighted by Crippen LogP contribution is 2.22. The van der Waals surface area contributed by atoms with E-state index in [1.54, 1.807) is 43.0 Å². The van der Waals surface area contributed by atoms with Gasteiger partial charge in [0.2, 0.25) is 5.91 Å². The molecule has 0 spiro atoms. The Morgan fingerprint density at radius 2 is 1.73 bits per heavy atom. The van der Waals surface area contributed by atoms with E-state index in [1.165, 1.54) is 11.8 Å². The average molecular weight is 470 g/mol. The molecule has 1 aromatic heterocycles. The summed E-state index contributed by atoms with van der Waals surface area (Å²) in [6.45, 7) is 4.00. The van der Waals surface area contributed by atoms with Crippen molar-refractivity contribution in [2.45, 2.75) is 25.5 Å². The van der Waals surface area contributed by atoms with E-state index in [0.29, 0.717) is 16.7 Å². The van der Waals surface area contributed by atoms with E-state index >= 15 is 0 Å². The van der Waals surface area contributed by atoms with Gasteiger partial charge in [0, 0.05) is 12.7 Å². The number of nitrogens with zero attached hydrogens (tertiary/aromatic N) is 3. The van der Waals surface area contributed by atoms with Gasteiger partial charge in [0.25, 0.3) is 5.91 Å². The third-order valence-electron chi connectivity index (χ3n) is 4.83. The van der Waals surface area contributed by atoms with Gasteiger partial charge < -0.3 is 24.7 Å². The number of carbonyl (C=O) groups is 2. The van der Waals surface area contributed by atoms with Gasteiger partial charge in [-0.1, -0.05) is 30.0 Å². The number of aromatic nitrogens is 3. The highest BCUT2D eigenvalue weighted by molar-refractivity contribution is 7.99. The van der Waals surface area contributed by atoms with Gasteiger partial charge in [-0.15, -0.1) is 10.2 Å². The second-order valence-corrected chi connectivity index (χ2v) is 8.25. The third kappa shape index (κ3) is 6.72. The van der Waals surface area contributed by atoms with Crippen LogP contribution in [0.2, 0.25) is 0 Å². The molecule has 0 radical (unpaired) electrons. The van der Waals surface area contributed by atoms with E-state index in [-0.39, 0.29) is 30.7 Å². The molecule has 0 saturated carbocycles. The molecule has 3 rings (SSSR count). The predicted octanol–water partition coefficient (Wildman–Crippen LogP) is 2.87. The molecule has 0 bridgehead atoms. The van der Waals surface area contributed by atoms with Crippen molar-refractivity contribution in [3.8, 4) is 11.5 Å². The number of methoxy groups -OCH3 is 1. The molecule has 0 atom stereocenters. The van der Waals surface area contributed by atoms with Gasteiger partial charge >= 0.3 is 0 Å². The summed E-state index contributed by atoms with van der Waals surface area (Å²) in [7, 11) is 3.38. The van der Waals surface area contributed by atoms with E-state index in [1.807, 2.05) is 32.0 Å². The molecule has 0 unspecified atom stereocenters. The molecule has 2 aromatic carbocycles. The van der Waals surface area contributed by atoms with Gasteiger partial charge in [-0.3, -0.25) is 9.59 Å².